The second kappa shape index (κ2) is 11.9. The van der Waals surface area contributed by atoms with Crippen molar-refractivity contribution in [2.24, 2.45) is 0 Å². The van der Waals surface area contributed by atoms with Gasteiger partial charge in [-0.3, -0.25) is 4.79 Å². The number of carbonyl (C=O) groups excluding carboxylic acids is 1. The maximum absolute atomic E-state index is 13.3. The Bertz CT molecular complexity index is 1300. The summed E-state index contributed by atoms with van der Waals surface area (Å²) in [4.78, 5) is 15.1. The van der Waals surface area contributed by atoms with E-state index in [9.17, 15) is 4.79 Å². The Labute approximate surface area is 221 Å². The van der Waals surface area contributed by atoms with Gasteiger partial charge in [-0.1, -0.05) is 95.5 Å². The maximum Gasteiger partial charge on any atom is 0.224 e. The lowest BCUT2D eigenvalue weighted by Crippen LogP contribution is -2.33. The molecule has 0 heterocycles. The van der Waals surface area contributed by atoms with Crippen LogP contribution in [0.3, 0.4) is 0 Å². The number of hydrogen-bond acceptors (Lipinski definition) is 2. The minimum atomic E-state index is 0.0589. The van der Waals surface area contributed by atoms with Crippen LogP contribution in [0, 0.1) is 0 Å². The highest BCUT2D eigenvalue weighted by Gasteiger charge is 2.16. The molecule has 4 aromatic rings. The molecule has 0 bridgehead atoms. The van der Waals surface area contributed by atoms with Gasteiger partial charge in [0, 0.05) is 37.1 Å². The van der Waals surface area contributed by atoms with E-state index < -0.39 is 0 Å². The summed E-state index contributed by atoms with van der Waals surface area (Å²) in [7, 11) is 0. The average molecular weight is 526 g/mol. The first-order valence-corrected chi connectivity index (χ1v) is 12.7. The summed E-state index contributed by atoms with van der Waals surface area (Å²) in [5.41, 5.74) is 3.17. The van der Waals surface area contributed by atoms with E-state index in [4.69, 9.17) is 34.8 Å². The molecule has 4 aromatic carbocycles. The van der Waals surface area contributed by atoms with Gasteiger partial charge in [-0.05, 0) is 58.7 Å². The highest BCUT2D eigenvalue weighted by molar-refractivity contribution is 6.42. The Kier molecular flexibility index (Phi) is 8.69. The van der Waals surface area contributed by atoms with Crippen LogP contribution in [-0.4, -0.2) is 17.4 Å². The molecule has 0 saturated heterocycles. The molecule has 6 heteroatoms. The third-order valence-electron chi connectivity index (χ3n) is 6.08. The Hall–Kier alpha value is -2.56. The fraction of sp³-hybridized carbons (Fsp3) is 0.207. The predicted molar refractivity (Wildman–Crippen MR) is 147 cm³/mol. The van der Waals surface area contributed by atoms with Crippen LogP contribution in [0.15, 0.2) is 84.9 Å². The summed E-state index contributed by atoms with van der Waals surface area (Å²) in [6, 6.07) is 27.8. The SMILES string of the molecule is CC(NCCC(=O)N(Cc1ccc(Cl)cc1)Cc1ccc(Cl)c(Cl)c1)c1cccc2ccccc12. The normalized spacial score (nSPS) is 12.0. The Balaban J connectivity index is 1.43. The molecule has 1 unspecified atom stereocenters. The monoisotopic (exact) mass is 524 g/mol. The summed E-state index contributed by atoms with van der Waals surface area (Å²) < 4.78 is 0. The van der Waals surface area contributed by atoms with Crippen molar-refractivity contribution in [3.8, 4) is 0 Å². The molecule has 0 saturated carbocycles. The topological polar surface area (TPSA) is 32.3 Å². The lowest BCUT2D eigenvalue weighted by molar-refractivity contribution is -0.132. The van der Waals surface area contributed by atoms with Crippen molar-refractivity contribution >= 4 is 51.5 Å². The first-order valence-electron chi connectivity index (χ1n) is 11.6. The quantitative estimate of drug-likeness (QED) is 0.240. The van der Waals surface area contributed by atoms with E-state index in [0.29, 0.717) is 41.1 Å². The molecule has 35 heavy (non-hydrogen) atoms. The van der Waals surface area contributed by atoms with E-state index in [1.54, 1.807) is 6.07 Å². The Morgan fingerprint density at radius 2 is 1.51 bits per heavy atom. The smallest absolute Gasteiger partial charge is 0.224 e. The molecule has 1 N–H and O–H groups in total. The predicted octanol–water partition coefficient (Wildman–Crippen LogP) is 8.07. The molecule has 0 aliphatic rings. The lowest BCUT2D eigenvalue weighted by Gasteiger charge is -2.24. The Morgan fingerprint density at radius 1 is 0.829 bits per heavy atom. The summed E-state index contributed by atoms with van der Waals surface area (Å²) in [6.45, 7) is 3.63. The van der Waals surface area contributed by atoms with Crippen LogP contribution >= 0.6 is 34.8 Å². The first-order chi connectivity index (χ1) is 16.9. The summed E-state index contributed by atoms with van der Waals surface area (Å²) in [6.07, 6.45) is 0.379. The number of rotatable bonds is 9. The van der Waals surface area contributed by atoms with E-state index in [0.717, 1.165) is 11.1 Å². The highest BCUT2D eigenvalue weighted by atomic mass is 35.5. The Morgan fingerprint density at radius 3 is 2.29 bits per heavy atom. The van der Waals surface area contributed by atoms with E-state index in [-0.39, 0.29) is 11.9 Å². The van der Waals surface area contributed by atoms with E-state index in [1.165, 1.54) is 16.3 Å². The number of fused-ring (bicyclic) bond motifs is 1. The van der Waals surface area contributed by atoms with Crippen LogP contribution < -0.4 is 5.32 Å². The number of nitrogens with one attached hydrogen (secondary N) is 1. The highest BCUT2D eigenvalue weighted by Crippen LogP contribution is 2.25. The lowest BCUT2D eigenvalue weighted by atomic mass is 9.99. The molecular formula is C29H27Cl3N2O. The zero-order valence-electron chi connectivity index (χ0n) is 19.5. The average Bonchev–Trinajstić information content (AvgIpc) is 2.86. The second-order valence-electron chi connectivity index (χ2n) is 8.62. The van der Waals surface area contributed by atoms with Gasteiger partial charge in [0.15, 0.2) is 0 Å². The fourth-order valence-corrected chi connectivity index (χ4v) is 4.64. The van der Waals surface area contributed by atoms with Crippen molar-refractivity contribution in [3.63, 3.8) is 0 Å². The fourth-order valence-electron chi connectivity index (χ4n) is 4.19. The minimum absolute atomic E-state index is 0.0589. The van der Waals surface area contributed by atoms with Crippen molar-refractivity contribution in [2.45, 2.75) is 32.5 Å². The molecule has 0 spiro atoms. The van der Waals surface area contributed by atoms with Gasteiger partial charge in [0.1, 0.15) is 0 Å². The van der Waals surface area contributed by atoms with E-state index >= 15 is 0 Å². The maximum atomic E-state index is 13.3. The third kappa shape index (κ3) is 6.77. The van der Waals surface area contributed by atoms with Crippen molar-refractivity contribution in [1.82, 2.24) is 10.2 Å². The number of benzene rings is 4. The van der Waals surface area contributed by atoms with Crippen LogP contribution in [0.1, 0.15) is 36.1 Å². The molecule has 180 valence electrons. The minimum Gasteiger partial charge on any atom is -0.334 e. The van der Waals surface area contributed by atoms with Gasteiger partial charge >= 0.3 is 0 Å². The van der Waals surface area contributed by atoms with Crippen LogP contribution in [0.25, 0.3) is 10.8 Å². The zero-order chi connectivity index (χ0) is 24.8. The van der Waals surface area contributed by atoms with Crippen molar-refractivity contribution in [3.05, 3.63) is 117 Å². The van der Waals surface area contributed by atoms with Crippen molar-refractivity contribution in [1.29, 1.82) is 0 Å². The molecule has 0 aromatic heterocycles. The summed E-state index contributed by atoms with van der Waals surface area (Å²) in [5.74, 6) is 0.0589. The van der Waals surface area contributed by atoms with Gasteiger partial charge < -0.3 is 10.2 Å². The summed E-state index contributed by atoms with van der Waals surface area (Å²) in [5, 5.41) is 7.61. The van der Waals surface area contributed by atoms with Gasteiger partial charge in [0.05, 0.1) is 10.0 Å². The zero-order valence-corrected chi connectivity index (χ0v) is 21.7. The van der Waals surface area contributed by atoms with Crippen LogP contribution in [0.4, 0.5) is 0 Å². The standard InChI is InChI=1S/C29H27Cl3N2O/c1-20(25-8-4-6-23-5-2-3-7-26(23)25)33-16-15-29(35)34(18-21-9-12-24(30)13-10-21)19-22-11-14-27(31)28(32)17-22/h2-14,17,20,33H,15-16,18-19H2,1H3. The molecular weight excluding hydrogens is 499 g/mol. The molecule has 0 aliphatic carbocycles. The van der Waals surface area contributed by atoms with Gasteiger partial charge in [0.25, 0.3) is 0 Å². The third-order valence-corrected chi connectivity index (χ3v) is 7.07. The van der Waals surface area contributed by atoms with Crippen molar-refractivity contribution < 1.29 is 4.79 Å². The molecule has 0 aliphatic heterocycles. The second-order valence-corrected chi connectivity index (χ2v) is 9.87. The molecule has 1 atom stereocenters. The van der Waals surface area contributed by atoms with Crippen LogP contribution in [0.2, 0.25) is 15.1 Å². The molecule has 0 radical (unpaired) electrons. The van der Waals surface area contributed by atoms with Gasteiger partial charge in [-0.15, -0.1) is 0 Å². The first kappa shape index (κ1) is 25.5. The number of hydrogen-bond donors (Lipinski definition) is 1. The molecule has 1 amide bonds. The largest absolute Gasteiger partial charge is 0.334 e. The number of carbonyl (C=O) groups is 1. The van der Waals surface area contributed by atoms with Gasteiger partial charge in [-0.25, -0.2) is 0 Å². The van der Waals surface area contributed by atoms with Crippen LogP contribution in [-0.2, 0) is 17.9 Å². The van der Waals surface area contributed by atoms with Crippen LogP contribution in [0.5, 0.6) is 0 Å². The molecule has 0 fully saturated rings. The van der Waals surface area contributed by atoms with Crippen molar-refractivity contribution in [2.75, 3.05) is 6.54 Å². The molecule has 4 rings (SSSR count). The molecule has 3 nitrogen and oxygen atoms in total. The van der Waals surface area contributed by atoms with E-state index in [2.05, 4.69) is 48.6 Å². The number of halogens is 3. The summed E-state index contributed by atoms with van der Waals surface area (Å²) >= 11 is 18.3. The van der Waals surface area contributed by atoms with Gasteiger partial charge in [-0.2, -0.15) is 0 Å². The number of nitrogens with zero attached hydrogens (tertiary/aromatic N) is 1. The van der Waals surface area contributed by atoms with Gasteiger partial charge in [0.2, 0.25) is 5.91 Å². The van der Waals surface area contributed by atoms with E-state index in [1.807, 2.05) is 47.4 Å². The number of amides is 1.